The standard InChI is InChI=1S/C27H30N2O6/c1-2-18-3-5-19(6-4-18)24-23(25(30)20-7-8-21-22(17-20)35-16-15-34-21)26(31)27(32)29(24)10-9-28-11-13-33-14-12-28/h3-8,17,24,30H,2,9-16H2,1H3/b25-23-. The Bertz CT molecular complexity index is 1140. The second kappa shape index (κ2) is 10.1. The van der Waals surface area contributed by atoms with E-state index in [1.807, 2.05) is 24.3 Å². The van der Waals surface area contributed by atoms with Gasteiger partial charge in [-0.1, -0.05) is 31.2 Å². The molecule has 3 heterocycles. The second-order valence-corrected chi connectivity index (χ2v) is 8.90. The molecule has 35 heavy (non-hydrogen) atoms. The molecule has 184 valence electrons. The fourth-order valence-electron chi connectivity index (χ4n) is 4.81. The summed E-state index contributed by atoms with van der Waals surface area (Å²) in [6.45, 7) is 6.84. The lowest BCUT2D eigenvalue weighted by Crippen LogP contribution is -2.42. The van der Waals surface area contributed by atoms with Gasteiger partial charge in [-0.15, -0.1) is 0 Å². The molecule has 1 atom stereocenters. The Morgan fingerprint density at radius 3 is 2.37 bits per heavy atom. The Morgan fingerprint density at radius 2 is 1.66 bits per heavy atom. The van der Waals surface area contributed by atoms with Crippen LogP contribution in [0.15, 0.2) is 48.0 Å². The minimum atomic E-state index is -0.677. The maximum atomic E-state index is 13.3. The summed E-state index contributed by atoms with van der Waals surface area (Å²) >= 11 is 0. The molecule has 1 N–H and O–H groups in total. The largest absolute Gasteiger partial charge is 0.507 e. The summed E-state index contributed by atoms with van der Waals surface area (Å²) < 4.78 is 16.7. The molecule has 0 radical (unpaired) electrons. The molecule has 3 aliphatic rings. The smallest absolute Gasteiger partial charge is 0.295 e. The molecule has 8 heteroatoms. The van der Waals surface area contributed by atoms with Crippen LogP contribution in [0.2, 0.25) is 0 Å². The van der Waals surface area contributed by atoms with Crippen LogP contribution in [0.1, 0.15) is 29.7 Å². The van der Waals surface area contributed by atoms with E-state index in [4.69, 9.17) is 14.2 Å². The van der Waals surface area contributed by atoms with E-state index in [1.165, 1.54) is 0 Å². The lowest BCUT2D eigenvalue weighted by Gasteiger charge is -2.31. The van der Waals surface area contributed by atoms with Crippen molar-refractivity contribution < 1.29 is 28.9 Å². The van der Waals surface area contributed by atoms with Crippen molar-refractivity contribution in [3.63, 3.8) is 0 Å². The first-order valence-corrected chi connectivity index (χ1v) is 12.1. The van der Waals surface area contributed by atoms with Gasteiger partial charge in [-0.25, -0.2) is 0 Å². The number of hydrogen-bond acceptors (Lipinski definition) is 7. The monoisotopic (exact) mass is 478 g/mol. The van der Waals surface area contributed by atoms with Gasteiger partial charge in [-0.05, 0) is 35.7 Å². The summed E-state index contributed by atoms with van der Waals surface area (Å²) in [5.41, 5.74) is 2.46. The van der Waals surface area contributed by atoms with E-state index in [-0.39, 0.29) is 11.3 Å². The highest BCUT2D eigenvalue weighted by atomic mass is 16.6. The average Bonchev–Trinajstić information content (AvgIpc) is 3.16. The molecule has 1 unspecified atom stereocenters. The maximum absolute atomic E-state index is 13.3. The number of amides is 1. The Morgan fingerprint density at radius 1 is 0.943 bits per heavy atom. The summed E-state index contributed by atoms with van der Waals surface area (Å²) in [6, 6.07) is 12.3. The summed E-state index contributed by atoms with van der Waals surface area (Å²) in [5, 5.41) is 11.3. The van der Waals surface area contributed by atoms with E-state index >= 15 is 0 Å². The molecular weight excluding hydrogens is 448 g/mol. The lowest BCUT2D eigenvalue weighted by molar-refractivity contribution is -0.140. The molecule has 5 rings (SSSR count). The molecule has 2 aromatic carbocycles. The number of hydrogen-bond donors (Lipinski definition) is 1. The molecule has 0 spiro atoms. The number of carbonyl (C=O) groups excluding carboxylic acids is 2. The van der Waals surface area contributed by atoms with E-state index in [1.54, 1.807) is 23.1 Å². The second-order valence-electron chi connectivity index (χ2n) is 8.90. The first-order valence-electron chi connectivity index (χ1n) is 12.1. The van der Waals surface area contributed by atoms with E-state index < -0.39 is 17.7 Å². The zero-order chi connectivity index (χ0) is 24.4. The van der Waals surface area contributed by atoms with Crippen LogP contribution in [-0.2, 0) is 20.7 Å². The molecule has 2 aromatic rings. The van der Waals surface area contributed by atoms with Gasteiger partial charge in [0.2, 0.25) is 0 Å². The lowest BCUT2D eigenvalue weighted by atomic mass is 9.94. The van der Waals surface area contributed by atoms with Crippen LogP contribution in [-0.4, -0.2) is 79.2 Å². The van der Waals surface area contributed by atoms with Crippen LogP contribution in [0, 0.1) is 0 Å². The summed E-state index contributed by atoms with van der Waals surface area (Å²) in [5.74, 6) is -0.388. The van der Waals surface area contributed by atoms with Gasteiger partial charge in [0.25, 0.3) is 11.7 Å². The summed E-state index contributed by atoms with van der Waals surface area (Å²) in [7, 11) is 0. The fourth-order valence-corrected chi connectivity index (χ4v) is 4.81. The van der Waals surface area contributed by atoms with Crippen LogP contribution in [0.25, 0.3) is 5.76 Å². The van der Waals surface area contributed by atoms with Gasteiger partial charge in [0.05, 0.1) is 24.8 Å². The molecule has 0 aliphatic carbocycles. The Labute approximate surface area is 204 Å². The molecule has 0 saturated carbocycles. The minimum Gasteiger partial charge on any atom is -0.507 e. The van der Waals surface area contributed by atoms with Crippen molar-refractivity contribution in [2.75, 3.05) is 52.6 Å². The third-order valence-electron chi connectivity index (χ3n) is 6.82. The van der Waals surface area contributed by atoms with Gasteiger partial charge < -0.3 is 24.2 Å². The quantitative estimate of drug-likeness (QED) is 0.388. The number of rotatable bonds is 6. The highest BCUT2D eigenvalue weighted by Crippen LogP contribution is 2.41. The zero-order valence-electron chi connectivity index (χ0n) is 19.9. The Hall–Kier alpha value is -3.36. The van der Waals surface area contributed by atoms with Crippen LogP contribution in [0.5, 0.6) is 11.5 Å². The van der Waals surface area contributed by atoms with Crippen molar-refractivity contribution in [3.05, 3.63) is 64.7 Å². The molecule has 1 amide bonds. The first-order chi connectivity index (χ1) is 17.1. The highest BCUT2D eigenvalue weighted by molar-refractivity contribution is 6.46. The third-order valence-corrected chi connectivity index (χ3v) is 6.82. The number of aryl methyl sites for hydroxylation is 1. The number of benzene rings is 2. The van der Waals surface area contributed by atoms with Crippen molar-refractivity contribution in [1.82, 2.24) is 9.80 Å². The topological polar surface area (TPSA) is 88.5 Å². The number of ether oxygens (including phenoxy) is 3. The van der Waals surface area contributed by atoms with Crippen molar-refractivity contribution >= 4 is 17.4 Å². The van der Waals surface area contributed by atoms with Crippen LogP contribution in [0.3, 0.4) is 0 Å². The average molecular weight is 479 g/mol. The van der Waals surface area contributed by atoms with Crippen molar-refractivity contribution in [2.45, 2.75) is 19.4 Å². The van der Waals surface area contributed by atoms with E-state index in [0.29, 0.717) is 56.6 Å². The molecular formula is C27H30N2O6. The number of ketones is 1. The predicted octanol–water partition coefficient (Wildman–Crippen LogP) is 2.77. The van der Waals surface area contributed by atoms with Gasteiger partial charge in [-0.3, -0.25) is 14.5 Å². The molecule has 0 aromatic heterocycles. The maximum Gasteiger partial charge on any atom is 0.295 e. The van der Waals surface area contributed by atoms with Crippen LogP contribution in [0.4, 0.5) is 0 Å². The van der Waals surface area contributed by atoms with Gasteiger partial charge in [0.15, 0.2) is 11.5 Å². The number of likely N-dealkylation sites (tertiary alicyclic amines) is 1. The van der Waals surface area contributed by atoms with Gasteiger partial charge in [-0.2, -0.15) is 0 Å². The molecule has 3 aliphatic heterocycles. The first kappa shape index (κ1) is 23.4. The van der Waals surface area contributed by atoms with E-state index in [2.05, 4.69) is 11.8 Å². The Kier molecular flexibility index (Phi) is 6.74. The Balaban J connectivity index is 1.53. The number of morpholine rings is 1. The van der Waals surface area contributed by atoms with Gasteiger partial charge in [0, 0.05) is 31.7 Å². The fraction of sp³-hybridized carbons (Fsp3) is 0.407. The van der Waals surface area contributed by atoms with Gasteiger partial charge in [0.1, 0.15) is 19.0 Å². The van der Waals surface area contributed by atoms with Crippen LogP contribution >= 0.6 is 0 Å². The van der Waals surface area contributed by atoms with Crippen molar-refractivity contribution in [2.24, 2.45) is 0 Å². The molecule has 2 fully saturated rings. The molecule has 0 bridgehead atoms. The number of fused-ring (bicyclic) bond motifs is 1. The SMILES string of the molecule is CCc1ccc(C2/C(=C(/O)c3ccc4c(c3)OCCO4)C(=O)C(=O)N2CCN2CCOCC2)cc1. The molecule has 8 nitrogen and oxygen atoms in total. The minimum absolute atomic E-state index is 0.0953. The van der Waals surface area contributed by atoms with E-state index in [9.17, 15) is 14.7 Å². The summed E-state index contributed by atoms with van der Waals surface area (Å²) in [6.07, 6.45) is 0.884. The normalized spacial score (nSPS) is 22.0. The third kappa shape index (κ3) is 4.63. The van der Waals surface area contributed by atoms with Crippen molar-refractivity contribution in [3.8, 4) is 11.5 Å². The summed E-state index contributed by atoms with van der Waals surface area (Å²) in [4.78, 5) is 30.3. The van der Waals surface area contributed by atoms with Crippen LogP contribution < -0.4 is 9.47 Å². The molecule has 2 saturated heterocycles. The number of carbonyl (C=O) groups is 2. The van der Waals surface area contributed by atoms with Gasteiger partial charge >= 0.3 is 0 Å². The highest BCUT2D eigenvalue weighted by Gasteiger charge is 2.46. The number of aliphatic hydroxyl groups is 1. The van der Waals surface area contributed by atoms with Crippen molar-refractivity contribution in [1.29, 1.82) is 0 Å². The number of aliphatic hydroxyl groups excluding tert-OH is 1. The zero-order valence-corrected chi connectivity index (χ0v) is 19.9. The number of Topliss-reactive ketones (excluding diaryl/α,β-unsaturated/α-hetero) is 1. The number of nitrogens with zero attached hydrogens (tertiary/aromatic N) is 2. The predicted molar refractivity (Wildman–Crippen MR) is 130 cm³/mol. The van der Waals surface area contributed by atoms with E-state index in [0.717, 1.165) is 30.6 Å².